The molecular weight excluding hydrogens is 220 g/mol. The summed E-state index contributed by atoms with van der Waals surface area (Å²) in [4.78, 5) is 0. The lowest BCUT2D eigenvalue weighted by Crippen LogP contribution is -2.24. The van der Waals surface area contributed by atoms with Gasteiger partial charge in [0.1, 0.15) is 0 Å². The van der Waals surface area contributed by atoms with Crippen LogP contribution in [0.25, 0.3) is 0 Å². The van der Waals surface area contributed by atoms with Crippen molar-refractivity contribution in [3.05, 3.63) is 34.4 Å². The predicted molar refractivity (Wildman–Crippen MR) is 76.6 cm³/mol. The third-order valence-electron chi connectivity index (χ3n) is 3.81. The van der Waals surface area contributed by atoms with Gasteiger partial charge in [-0.3, -0.25) is 0 Å². The molecule has 0 bridgehead atoms. The van der Waals surface area contributed by atoms with Gasteiger partial charge in [-0.25, -0.2) is 0 Å². The average molecular weight is 244 g/mol. The highest BCUT2D eigenvalue weighted by atomic mass is 14.8. The number of nitriles is 1. The molecule has 98 valence electrons. The van der Waals surface area contributed by atoms with E-state index in [1.807, 2.05) is 0 Å². The molecule has 0 radical (unpaired) electrons. The summed E-state index contributed by atoms with van der Waals surface area (Å²) in [5.74, 6) is 0.144. The van der Waals surface area contributed by atoms with Crippen LogP contribution in [0.4, 0.5) is 0 Å². The Hall–Kier alpha value is -1.33. The van der Waals surface area contributed by atoms with Gasteiger partial charge in [0.25, 0.3) is 0 Å². The zero-order valence-corrected chi connectivity index (χ0v) is 12.0. The molecule has 0 heterocycles. The van der Waals surface area contributed by atoms with Crippen molar-refractivity contribution in [1.29, 1.82) is 5.26 Å². The fraction of sp³-hybridized carbons (Fsp3) is 0.562. The number of hydrogen-bond acceptors (Lipinski definition) is 2. The number of hydrogen-bond donors (Lipinski definition) is 1. The number of aryl methyl sites for hydroxylation is 1. The van der Waals surface area contributed by atoms with Crippen molar-refractivity contribution >= 4 is 0 Å². The molecule has 0 spiro atoms. The van der Waals surface area contributed by atoms with Crippen LogP contribution in [0.15, 0.2) is 12.1 Å². The highest BCUT2D eigenvalue weighted by molar-refractivity contribution is 5.38. The molecule has 0 aliphatic heterocycles. The molecule has 0 amide bonds. The van der Waals surface area contributed by atoms with E-state index < -0.39 is 0 Å². The predicted octanol–water partition coefficient (Wildman–Crippen LogP) is 3.29. The van der Waals surface area contributed by atoms with E-state index >= 15 is 0 Å². The van der Waals surface area contributed by atoms with Gasteiger partial charge in [0.2, 0.25) is 0 Å². The van der Waals surface area contributed by atoms with E-state index in [2.05, 4.69) is 51.2 Å². The first-order valence-corrected chi connectivity index (χ1v) is 6.76. The van der Waals surface area contributed by atoms with Crippen molar-refractivity contribution in [1.82, 2.24) is 5.32 Å². The fourth-order valence-corrected chi connectivity index (χ4v) is 2.06. The normalized spacial score (nSPS) is 12.2. The molecule has 1 atom stereocenters. The monoisotopic (exact) mass is 244 g/mol. The Bertz CT molecular complexity index is 429. The first kappa shape index (κ1) is 14.7. The highest BCUT2D eigenvalue weighted by Gasteiger charge is 2.05. The van der Waals surface area contributed by atoms with Crippen molar-refractivity contribution in [2.24, 2.45) is 5.92 Å². The summed E-state index contributed by atoms with van der Waals surface area (Å²) in [6, 6.07) is 6.74. The Balaban J connectivity index is 2.46. The maximum atomic E-state index is 8.86. The SMILES string of the molecule is CCC(C#N)CNCCc1ccc(C)c(C)c1C. The van der Waals surface area contributed by atoms with Gasteiger partial charge in [-0.05, 0) is 62.4 Å². The molecule has 1 N–H and O–H groups in total. The Kier molecular flexibility index (Phi) is 5.88. The fourth-order valence-electron chi connectivity index (χ4n) is 2.06. The lowest BCUT2D eigenvalue weighted by atomic mass is 9.97. The summed E-state index contributed by atoms with van der Waals surface area (Å²) in [6.07, 6.45) is 1.96. The van der Waals surface area contributed by atoms with Gasteiger partial charge in [-0.2, -0.15) is 5.26 Å². The maximum absolute atomic E-state index is 8.86. The second-order valence-electron chi connectivity index (χ2n) is 4.98. The molecule has 1 rings (SSSR count). The van der Waals surface area contributed by atoms with E-state index in [1.165, 1.54) is 22.3 Å². The Labute approximate surface area is 111 Å². The first-order valence-electron chi connectivity index (χ1n) is 6.76. The van der Waals surface area contributed by atoms with Crippen LogP contribution in [-0.2, 0) is 6.42 Å². The Morgan fingerprint density at radius 2 is 1.94 bits per heavy atom. The van der Waals surface area contributed by atoms with Crippen LogP contribution in [0.1, 0.15) is 35.6 Å². The zero-order chi connectivity index (χ0) is 13.5. The number of benzene rings is 1. The lowest BCUT2D eigenvalue weighted by molar-refractivity contribution is 0.554. The molecule has 1 aromatic rings. The van der Waals surface area contributed by atoms with Gasteiger partial charge < -0.3 is 5.32 Å². The smallest absolute Gasteiger partial charge is 0.0669 e. The molecule has 1 unspecified atom stereocenters. The number of rotatable bonds is 6. The zero-order valence-electron chi connectivity index (χ0n) is 12.0. The topological polar surface area (TPSA) is 35.8 Å². The van der Waals surface area contributed by atoms with Crippen molar-refractivity contribution in [3.8, 4) is 6.07 Å². The average Bonchev–Trinajstić information content (AvgIpc) is 2.38. The van der Waals surface area contributed by atoms with Crippen LogP contribution in [0.2, 0.25) is 0 Å². The van der Waals surface area contributed by atoms with Crippen LogP contribution in [0.5, 0.6) is 0 Å². The third kappa shape index (κ3) is 3.85. The second-order valence-corrected chi connectivity index (χ2v) is 4.98. The largest absolute Gasteiger partial charge is 0.315 e. The minimum atomic E-state index is 0.144. The molecule has 0 saturated carbocycles. The van der Waals surface area contributed by atoms with Crippen molar-refractivity contribution in [3.63, 3.8) is 0 Å². The van der Waals surface area contributed by atoms with Crippen molar-refractivity contribution in [2.45, 2.75) is 40.5 Å². The quantitative estimate of drug-likeness (QED) is 0.779. The van der Waals surface area contributed by atoms with E-state index in [9.17, 15) is 0 Å². The van der Waals surface area contributed by atoms with Gasteiger partial charge in [0.05, 0.1) is 12.0 Å². The minimum Gasteiger partial charge on any atom is -0.315 e. The highest BCUT2D eigenvalue weighted by Crippen LogP contribution is 2.17. The van der Waals surface area contributed by atoms with Crippen LogP contribution in [-0.4, -0.2) is 13.1 Å². The van der Waals surface area contributed by atoms with E-state index in [-0.39, 0.29) is 5.92 Å². The second kappa shape index (κ2) is 7.18. The summed E-state index contributed by atoms with van der Waals surface area (Å²) >= 11 is 0. The van der Waals surface area contributed by atoms with E-state index in [4.69, 9.17) is 5.26 Å². The maximum Gasteiger partial charge on any atom is 0.0669 e. The minimum absolute atomic E-state index is 0.144. The molecule has 2 heteroatoms. The van der Waals surface area contributed by atoms with Crippen molar-refractivity contribution in [2.75, 3.05) is 13.1 Å². The number of nitrogens with one attached hydrogen (secondary N) is 1. The van der Waals surface area contributed by atoms with Crippen LogP contribution < -0.4 is 5.32 Å². The van der Waals surface area contributed by atoms with Crippen LogP contribution >= 0.6 is 0 Å². The summed E-state index contributed by atoms with van der Waals surface area (Å²) in [5, 5.41) is 12.2. The molecule has 0 saturated heterocycles. The summed E-state index contributed by atoms with van der Waals surface area (Å²) < 4.78 is 0. The van der Waals surface area contributed by atoms with Gasteiger partial charge >= 0.3 is 0 Å². The van der Waals surface area contributed by atoms with Gasteiger partial charge in [-0.1, -0.05) is 19.1 Å². The van der Waals surface area contributed by atoms with Gasteiger partial charge in [-0.15, -0.1) is 0 Å². The number of nitrogens with zero attached hydrogens (tertiary/aromatic N) is 1. The molecule has 1 aromatic carbocycles. The van der Waals surface area contributed by atoms with E-state index in [1.54, 1.807) is 0 Å². The first-order chi connectivity index (χ1) is 8.60. The molecule has 0 aromatic heterocycles. The molecule has 0 fully saturated rings. The summed E-state index contributed by atoms with van der Waals surface area (Å²) in [5.41, 5.74) is 5.58. The molecule has 0 aliphatic rings. The lowest BCUT2D eigenvalue weighted by Gasteiger charge is -2.12. The Morgan fingerprint density at radius 3 is 2.56 bits per heavy atom. The van der Waals surface area contributed by atoms with E-state index in [0.29, 0.717) is 0 Å². The summed E-state index contributed by atoms with van der Waals surface area (Å²) in [6.45, 7) is 10.3. The van der Waals surface area contributed by atoms with Gasteiger partial charge in [0, 0.05) is 6.54 Å². The summed E-state index contributed by atoms with van der Waals surface area (Å²) in [7, 11) is 0. The molecule has 2 nitrogen and oxygen atoms in total. The van der Waals surface area contributed by atoms with E-state index in [0.717, 1.165) is 25.9 Å². The van der Waals surface area contributed by atoms with Crippen LogP contribution in [0, 0.1) is 38.0 Å². The van der Waals surface area contributed by atoms with Crippen molar-refractivity contribution < 1.29 is 0 Å². The molecular formula is C16H24N2. The van der Waals surface area contributed by atoms with Crippen LogP contribution in [0.3, 0.4) is 0 Å². The third-order valence-corrected chi connectivity index (χ3v) is 3.81. The Morgan fingerprint density at radius 1 is 1.22 bits per heavy atom. The molecule has 18 heavy (non-hydrogen) atoms. The van der Waals surface area contributed by atoms with Gasteiger partial charge in [0.15, 0.2) is 0 Å². The molecule has 0 aliphatic carbocycles. The standard InChI is InChI=1S/C16H24N2/c1-5-15(10-17)11-18-9-8-16-7-6-12(2)13(3)14(16)4/h6-7,15,18H,5,8-9,11H2,1-4H3.